The lowest BCUT2D eigenvalue weighted by Gasteiger charge is -2.27. The molecule has 0 heterocycles. The van der Waals surface area contributed by atoms with Gasteiger partial charge in [-0.25, -0.2) is 12.8 Å². The van der Waals surface area contributed by atoms with Crippen LogP contribution in [0.15, 0.2) is 23.1 Å². The van der Waals surface area contributed by atoms with Crippen LogP contribution in [0.4, 0.5) is 4.39 Å². The maximum atomic E-state index is 13.4. The predicted molar refractivity (Wildman–Crippen MR) is 92.5 cm³/mol. The lowest BCUT2D eigenvalue weighted by molar-refractivity contribution is 0.262. The Hall–Kier alpha value is -0.980. The van der Waals surface area contributed by atoms with E-state index >= 15 is 0 Å². The first-order valence-corrected chi connectivity index (χ1v) is 9.65. The third kappa shape index (κ3) is 5.55. The van der Waals surface area contributed by atoms with Crippen molar-refractivity contribution in [1.29, 1.82) is 0 Å². The van der Waals surface area contributed by atoms with Crippen LogP contribution in [-0.4, -0.2) is 50.3 Å². The summed E-state index contributed by atoms with van der Waals surface area (Å²) in [6.45, 7) is 13.1. The van der Waals surface area contributed by atoms with E-state index in [1.807, 2.05) is 13.8 Å². The van der Waals surface area contributed by atoms with E-state index in [4.69, 9.17) is 0 Å². The first kappa shape index (κ1) is 20.1. The fraction of sp³-hybridized carbons (Fsp3) is 0.647. The van der Waals surface area contributed by atoms with E-state index in [1.165, 1.54) is 22.5 Å². The zero-order valence-corrected chi connectivity index (χ0v) is 15.7. The summed E-state index contributed by atoms with van der Waals surface area (Å²) in [5.41, 5.74) is 0.347. The van der Waals surface area contributed by atoms with Crippen molar-refractivity contribution in [3.63, 3.8) is 0 Å². The zero-order chi connectivity index (χ0) is 17.6. The van der Waals surface area contributed by atoms with Gasteiger partial charge in [-0.3, -0.25) is 0 Å². The first-order chi connectivity index (χ1) is 10.7. The molecule has 6 heteroatoms. The maximum absolute atomic E-state index is 13.4. The van der Waals surface area contributed by atoms with E-state index < -0.39 is 10.0 Å². The van der Waals surface area contributed by atoms with Crippen LogP contribution in [0.25, 0.3) is 0 Å². The van der Waals surface area contributed by atoms with Crippen LogP contribution in [0.5, 0.6) is 0 Å². The zero-order valence-electron chi connectivity index (χ0n) is 14.8. The van der Waals surface area contributed by atoms with Gasteiger partial charge < -0.3 is 4.90 Å². The summed E-state index contributed by atoms with van der Waals surface area (Å²) >= 11 is 0. The van der Waals surface area contributed by atoms with Crippen molar-refractivity contribution in [3.8, 4) is 0 Å². The van der Waals surface area contributed by atoms with E-state index in [2.05, 4.69) is 18.7 Å². The van der Waals surface area contributed by atoms with Crippen LogP contribution >= 0.6 is 0 Å². The maximum Gasteiger partial charge on any atom is 0.243 e. The van der Waals surface area contributed by atoms with Crippen molar-refractivity contribution < 1.29 is 12.8 Å². The highest BCUT2D eigenvalue weighted by molar-refractivity contribution is 7.89. The molecule has 0 radical (unpaired) electrons. The average Bonchev–Trinajstić information content (AvgIpc) is 2.49. The molecular formula is C17H29FN2O2S. The molecule has 0 atom stereocenters. The lowest BCUT2D eigenvalue weighted by atomic mass is 10.2. The summed E-state index contributed by atoms with van der Waals surface area (Å²) in [5, 5.41) is 0. The highest BCUT2D eigenvalue weighted by Crippen LogP contribution is 2.20. The van der Waals surface area contributed by atoms with Gasteiger partial charge in [0.25, 0.3) is 0 Å². The number of hydrogen-bond donors (Lipinski definition) is 0. The Bertz CT molecular complexity index is 599. The van der Waals surface area contributed by atoms with Crippen LogP contribution in [0.1, 0.15) is 33.3 Å². The van der Waals surface area contributed by atoms with Crippen LogP contribution in [0.2, 0.25) is 0 Å². The summed E-state index contributed by atoms with van der Waals surface area (Å²) in [7, 11) is -3.61. The molecule has 0 spiro atoms. The third-order valence-corrected chi connectivity index (χ3v) is 5.76. The van der Waals surface area contributed by atoms with Gasteiger partial charge in [-0.15, -0.1) is 0 Å². The number of halogens is 1. The minimum absolute atomic E-state index is 0.164. The van der Waals surface area contributed by atoms with Crippen molar-refractivity contribution in [2.45, 2.75) is 39.5 Å². The predicted octanol–water partition coefficient (Wildman–Crippen LogP) is 3.12. The van der Waals surface area contributed by atoms with Crippen LogP contribution in [0, 0.1) is 18.7 Å². The van der Waals surface area contributed by atoms with Crippen molar-refractivity contribution in [3.05, 3.63) is 29.6 Å². The largest absolute Gasteiger partial charge is 0.303 e. The Morgan fingerprint density at radius 2 is 1.74 bits per heavy atom. The van der Waals surface area contributed by atoms with Gasteiger partial charge in [0.15, 0.2) is 0 Å². The van der Waals surface area contributed by atoms with Crippen LogP contribution < -0.4 is 0 Å². The molecule has 132 valence electrons. The molecule has 4 nitrogen and oxygen atoms in total. The fourth-order valence-electron chi connectivity index (χ4n) is 2.44. The second-order valence-corrected chi connectivity index (χ2v) is 8.13. The summed E-state index contributed by atoms with van der Waals surface area (Å²) in [5.74, 6) is -0.162. The molecule has 0 aliphatic carbocycles. The second-order valence-electron chi connectivity index (χ2n) is 6.19. The molecule has 0 saturated carbocycles. The van der Waals surface area contributed by atoms with E-state index in [0.29, 0.717) is 25.2 Å². The Morgan fingerprint density at radius 3 is 2.22 bits per heavy atom. The number of benzene rings is 1. The number of nitrogens with zero attached hydrogens (tertiary/aromatic N) is 2. The van der Waals surface area contributed by atoms with E-state index in [-0.39, 0.29) is 16.6 Å². The van der Waals surface area contributed by atoms with Crippen molar-refractivity contribution in [2.75, 3.05) is 32.7 Å². The number of aryl methyl sites for hydroxylation is 1. The molecule has 0 amide bonds. The number of rotatable bonds is 9. The Kier molecular flexibility index (Phi) is 7.64. The molecule has 0 N–H and O–H groups in total. The van der Waals surface area contributed by atoms with Crippen molar-refractivity contribution in [1.82, 2.24) is 9.21 Å². The standard InChI is InChI=1S/C17H29FN2O2S/c1-6-19(7-2)10-11-20(13-14(3)4)23(21,22)16-8-9-17(18)15(5)12-16/h8-9,12,14H,6-7,10-11,13H2,1-5H3. The minimum atomic E-state index is -3.61. The smallest absolute Gasteiger partial charge is 0.243 e. The number of sulfonamides is 1. The number of likely N-dealkylation sites (N-methyl/N-ethyl adjacent to an activating group) is 1. The molecule has 0 aliphatic heterocycles. The molecule has 0 aromatic heterocycles. The van der Waals surface area contributed by atoms with E-state index in [1.54, 1.807) is 6.92 Å². The van der Waals surface area contributed by atoms with Gasteiger partial charge in [0.2, 0.25) is 10.0 Å². The third-order valence-electron chi connectivity index (χ3n) is 3.90. The molecule has 0 unspecified atom stereocenters. The van der Waals surface area contributed by atoms with Gasteiger partial charge in [-0.05, 0) is 49.7 Å². The normalized spacial score (nSPS) is 12.6. The van der Waals surface area contributed by atoms with Gasteiger partial charge in [-0.1, -0.05) is 27.7 Å². The summed E-state index contributed by atoms with van der Waals surface area (Å²) < 4.78 is 40.8. The summed E-state index contributed by atoms with van der Waals surface area (Å²) in [6.07, 6.45) is 0. The highest BCUT2D eigenvalue weighted by Gasteiger charge is 2.25. The Balaban J connectivity index is 3.05. The molecule has 0 aliphatic rings. The van der Waals surface area contributed by atoms with Gasteiger partial charge in [0.05, 0.1) is 4.90 Å². The lowest BCUT2D eigenvalue weighted by Crippen LogP contribution is -2.40. The van der Waals surface area contributed by atoms with Crippen LogP contribution in [-0.2, 0) is 10.0 Å². The molecule has 0 fully saturated rings. The summed E-state index contributed by atoms with van der Waals surface area (Å²) in [4.78, 5) is 2.36. The average molecular weight is 344 g/mol. The molecule has 1 rings (SSSR count). The van der Waals surface area contributed by atoms with Crippen molar-refractivity contribution in [2.24, 2.45) is 5.92 Å². The minimum Gasteiger partial charge on any atom is -0.303 e. The van der Waals surface area contributed by atoms with Crippen LogP contribution in [0.3, 0.4) is 0 Å². The summed E-state index contributed by atoms with van der Waals surface area (Å²) in [6, 6.07) is 3.98. The molecular weight excluding hydrogens is 315 g/mol. The van der Waals surface area contributed by atoms with Gasteiger partial charge >= 0.3 is 0 Å². The van der Waals surface area contributed by atoms with E-state index in [0.717, 1.165) is 13.1 Å². The number of hydrogen-bond acceptors (Lipinski definition) is 3. The second kappa shape index (κ2) is 8.76. The highest BCUT2D eigenvalue weighted by atomic mass is 32.2. The van der Waals surface area contributed by atoms with Gasteiger partial charge in [-0.2, -0.15) is 4.31 Å². The monoisotopic (exact) mass is 344 g/mol. The molecule has 1 aromatic carbocycles. The van der Waals surface area contributed by atoms with Gasteiger partial charge in [0.1, 0.15) is 5.82 Å². The topological polar surface area (TPSA) is 40.6 Å². The van der Waals surface area contributed by atoms with Gasteiger partial charge in [0, 0.05) is 19.6 Å². The Morgan fingerprint density at radius 1 is 1.13 bits per heavy atom. The quantitative estimate of drug-likeness (QED) is 0.691. The van der Waals surface area contributed by atoms with Crippen molar-refractivity contribution >= 4 is 10.0 Å². The molecule has 0 saturated heterocycles. The molecule has 23 heavy (non-hydrogen) atoms. The first-order valence-electron chi connectivity index (χ1n) is 8.21. The Labute approximate surface area is 140 Å². The fourth-order valence-corrected chi connectivity index (χ4v) is 4.12. The SMILES string of the molecule is CCN(CC)CCN(CC(C)C)S(=O)(=O)c1ccc(F)c(C)c1. The molecule has 1 aromatic rings. The molecule has 0 bridgehead atoms. The van der Waals surface area contributed by atoms with E-state index in [9.17, 15) is 12.8 Å².